The first kappa shape index (κ1) is 22.5. The van der Waals surface area contributed by atoms with Crippen molar-refractivity contribution in [1.82, 2.24) is 15.1 Å². The van der Waals surface area contributed by atoms with E-state index in [2.05, 4.69) is 17.1 Å². The van der Waals surface area contributed by atoms with Gasteiger partial charge in [0.2, 0.25) is 5.91 Å². The Hall–Kier alpha value is -0.570. The number of nitrogens with zero attached hydrogens (tertiary/aromatic N) is 3. The fourth-order valence-electron chi connectivity index (χ4n) is 3.52. The van der Waals surface area contributed by atoms with Gasteiger partial charge in [0.15, 0.2) is 5.96 Å². The van der Waals surface area contributed by atoms with E-state index < -0.39 is 5.60 Å². The average Bonchev–Trinajstić information content (AvgIpc) is 2.59. The monoisotopic (exact) mass is 466 g/mol. The van der Waals surface area contributed by atoms with Crippen LogP contribution in [0.5, 0.6) is 0 Å². The smallest absolute Gasteiger partial charge is 0.225 e. The first-order valence-electron chi connectivity index (χ1n) is 9.49. The number of piperazine rings is 1. The van der Waals surface area contributed by atoms with Crippen LogP contribution in [0.25, 0.3) is 0 Å². The Morgan fingerprint density at radius 1 is 1.12 bits per heavy atom. The van der Waals surface area contributed by atoms with E-state index in [1.54, 1.807) is 0 Å². The molecule has 7 heteroatoms. The zero-order valence-corrected chi connectivity index (χ0v) is 18.3. The van der Waals surface area contributed by atoms with Crippen LogP contribution in [0, 0.1) is 5.92 Å². The van der Waals surface area contributed by atoms with E-state index in [-0.39, 0.29) is 35.8 Å². The van der Waals surface area contributed by atoms with Gasteiger partial charge in [-0.2, -0.15) is 0 Å². The lowest BCUT2D eigenvalue weighted by molar-refractivity contribution is -0.135. The summed E-state index contributed by atoms with van der Waals surface area (Å²) in [7, 11) is 0. The van der Waals surface area contributed by atoms with Gasteiger partial charge in [0.05, 0.1) is 12.1 Å². The lowest BCUT2D eigenvalue weighted by Crippen LogP contribution is -2.54. The van der Waals surface area contributed by atoms with Crippen LogP contribution in [0.2, 0.25) is 0 Å². The largest absolute Gasteiger partial charge is 0.388 e. The summed E-state index contributed by atoms with van der Waals surface area (Å²) in [5.74, 6) is 1.15. The van der Waals surface area contributed by atoms with Crippen molar-refractivity contribution in [2.75, 3.05) is 39.3 Å². The fourth-order valence-corrected chi connectivity index (χ4v) is 3.52. The van der Waals surface area contributed by atoms with E-state index in [0.717, 1.165) is 64.4 Å². The number of halogens is 1. The molecule has 0 bridgehead atoms. The summed E-state index contributed by atoms with van der Waals surface area (Å²) in [5, 5.41) is 14.0. The Bertz CT molecular complexity index is 442. The molecule has 0 aromatic carbocycles. The van der Waals surface area contributed by atoms with Crippen molar-refractivity contribution >= 4 is 35.8 Å². The zero-order valence-electron chi connectivity index (χ0n) is 16.0. The number of nitrogens with one attached hydrogen (secondary N) is 1. The third-order valence-electron chi connectivity index (χ3n) is 5.03. The van der Waals surface area contributed by atoms with Crippen LogP contribution in [0.15, 0.2) is 4.99 Å². The molecule has 2 rings (SSSR count). The summed E-state index contributed by atoms with van der Waals surface area (Å²) in [5.41, 5.74) is -0.631. The van der Waals surface area contributed by atoms with Crippen molar-refractivity contribution in [3.8, 4) is 0 Å². The topological polar surface area (TPSA) is 68.2 Å². The molecule has 0 spiro atoms. The highest BCUT2D eigenvalue weighted by Gasteiger charge is 2.30. The second-order valence-corrected chi connectivity index (χ2v) is 7.42. The van der Waals surface area contributed by atoms with E-state index in [1.165, 1.54) is 6.42 Å². The first-order valence-corrected chi connectivity index (χ1v) is 9.49. The molecule has 1 aliphatic carbocycles. The molecule has 0 atom stereocenters. The summed E-state index contributed by atoms with van der Waals surface area (Å²) in [6.45, 7) is 10.3. The van der Waals surface area contributed by atoms with E-state index >= 15 is 0 Å². The second-order valence-electron chi connectivity index (χ2n) is 7.42. The molecule has 1 heterocycles. The standard InChI is InChI=1S/C18H34N4O2.HI/c1-4-19-17(20-14-18(24)8-6-5-7-9-18)22-12-10-21(11-13-22)16(23)15(2)3;/h15,24H,4-14H2,1-3H3,(H,19,20);1H. The molecule has 1 amide bonds. The molecule has 2 aliphatic rings. The van der Waals surface area contributed by atoms with Crippen LogP contribution in [-0.4, -0.2) is 71.6 Å². The first-order chi connectivity index (χ1) is 11.4. The molecule has 146 valence electrons. The molecule has 0 aromatic heterocycles. The van der Waals surface area contributed by atoms with Crippen LogP contribution in [0.3, 0.4) is 0 Å². The highest BCUT2D eigenvalue weighted by atomic mass is 127. The van der Waals surface area contributed by atoms with Crippen LogP contribution in [0.1, 0.15) is 52.9 Å². The van der Waals surface area contributed by atoms with Crippen molar-refractivity contribution in [2.45, 2.75) is 58.5 Å². The van der Waals surface area contributed by atoms with E-state index in [4.69, 9.17) is 4.99 Å². The van der Waals surface area contributed by atoms with Crippen LogP contribution >= 0.6 is 24.0 Å². The molecule has 1 saturated carbocycles. The molecule has 2 fully saturated rings. The third-order valence-corrected chi connectivity index (χ3v) is 5.03. The van der Waals surface area contributed by atoms with Gasteiger partial charge in [-0.25, -0.2) is 0 Å². The van der Waals surface area contributed by atoms with Gasteiger partial charge in [0.1, 0.15) is 0 Å². The Morgan fingerprint density at radius 2 is 1.68 bits per heavy atom. The normalized spacial score (nSPS) is 21.1. The number of aliphatic hydroxyl groups is 1. The van der Waals surface area contributed by atoms with Crippen molar-refractivity contribution < 1.29 is 9.90 Å². The van der Waals surface area contributed by atoms with E-state index in [0.29, 0.717) is 6.54 Å². The predicted octanol–water partition coefficient (Wildman–Crippen LogP) is 2.07. The lowest BCUT2D eigenvalue weighted by atomic mass is 9.85. The summed E-state index contributed by atoms with van der Waals surface area (Å²) < 4.78 is 0. The van der Waals surface area contributed by atoms with Gasteiger partial charge < -0.3 is 20.2 Å². The molecule has 0 aromatic rings. The van der Waals surface area contributed by atoms with Crippen LogP contribution in [0.4, 0.5) is 0 Å². The summed E-state index contributed by atoms with van der Waals surface area (Å²) in [6.07, 6.45) is 5.12. The number of carbonyl (C=O) groups is 1. The molecule has 1 saturated heterocycles. The van der Waals surface area contributed by atoms with Gasteiger partial charge in [0, 0.05) is 38.6 Å². The van der Waals surface area contributed by atoms with Crippen molar-refractivity contribution in [2.24, 2.45) is 10.9 Å². The number of guanidine groups is 1. The minimum absolute atomic E-state index is 0. The molecule has 0 unspecified atom stereocenters. The fraction of sp³-hybridized carbons (Fsp3) is 0.889. The summed E-state index contributed by atoms with van der Waals surface area (Å²) >= 11 is 0. The summed E-state index contributed by atoms with van der Waals surface area (Å²) in [6, 6.07) is 0. The maximum Gasteiger partial charge on any atom is 0.225 e. The molecule has 1 aliphatic heterocycles. The minimum Gasteiger partial charge on any atom is -0.388 e. The molecular weight excluding hydrogens is 431 g/mol. The SMILES string of the molecule is CCNC(=NCC1(O)CCCCC1)N1CCN(C(=O)C(C)C)CC1.I. The molecule has 2 N–H and O–H groups in total. The van der Waals surface area contributed by atoms with Gasteiger partial charge in [0.25, 0.3) is 0 Å². The molecule has 0 radical (unpaired) electrons. The van der Waals surface area contributed by atoms with Gasteiger partial charge >= 0.3 is 0 Å². The predicted molar refractivity (Wildman–Crippen MR) is 112 cm³/mol. The Labute approximate surface area is 169 Å². The van der Waals surface area contributed by atoms with Gasteiger partial charge in [-0.15, -0.1) is 24.0 Å². The van der Waals surface area contributed by atoms with Gasteiger partial charge in [-0.3, -0.25) is 9.79 Å². The maximum atomic E-state index is 12.1. The van der Waals surface area contributed by atoms with E-state index in [9.17, 15) is 9.90 Å². The number of hydrogen-bond donors (Lipinski definition) is 2. The number of hydrogen-bond acceptors (Lipinski definition) is 3. The molecule has 25 heavy (non-hydrogen) atoms. The average molecular weight is 466 g/mol. The third kappa shape index (κ3) is 6.58. The maximum absolute atomic E-state index is 12.1. The van der Waals surface area contributed by atoms with E-state index in [1.807, 2.05) is 18.7 Å². The van der Waals surface area contributed by atoms with Gasteiger partial charge in [-0.1, -0.05) is 33.1 Å². The number of carbonyl (C=O) groups excluding carboxylic acids is 1. The zero-order chi connectivity index (χ0) is 17.6. The highest BCUT2D eigenvalue weighted by molar-refractivity contribution is 14.0. The van der Waals surface area contributed by atoms with Crippen molar-refractivity contribution in [1.29, 1.82) is 0 Å². The Balaban J connectivity index is 0.00000312. The Morgan fingerprint density at radius 3 is 2.20 bits per heavy atom. The second kappa shape index (κ2) is 10.5. The quantitative estimate of drug-likeness (QED) is 0.378. The summed E-state index contributed by atoms with van der Waals surface area (Å²) in [4.78, 5) is 21.0. The van der Waals surface area contributed by atoms with Crippen LogP contribution < -0.4 is 5.32 Å². The van der Waals surface area contributed by atoms with Crippen molar-refractivity contribution in [3.05, 3.63) is 0 Å². The highest BCUT2D eigenvalue weighted by Crippen LogP contribution is 2.28. The molecular formula is C18H35IN4O2. The lowest BCUT2D eigenvalue weighted by Gasteiger charge is -2.38. The van der Waals surface area contributed by atoms with Crippen LogP contribution in [-0.2, 0) is 4.79 Å². The number of amides is 1. The number of aliphatic imine (C=N–C) groups is 1. The van der Waals surface area contributed by atoms with Gasteiger partial charge in [-0.05, 0) is 19.8 Å². The molecule has 6 nitrogen and oxygen atoms in total. The number of rotatable bonds is 4. The van der Waals surface area contributed by atoms with Crippen molar-refractivity contribution in [3.63, 3.8) is 0 Å². The minimum atomic E-state index is -0.631. The Kier molecular flexibility index (Phi) is 9.48.